The van der Waals surface area contributed by atoms with Gasteiger partial charge in [-0.05, 0) is 48.7 Å². The zero-order chi connectivity index (χ0) is 16.9. The van der Waals surface area contributed by atoms with Gasteiger partial charge in [-0.25, -0.2) is 0 Å². The maximum absolute atomic E-state index is 12.4. The average molecular weight is 348 g/mol. The molecule has 1 amide bonds. The third-order valence-corrected chi connectivity index (χ3v) is 4.82. The fraction of sp³-hybridized carbons (Fsp3) is 0.444. The molecule has 0 atom stereocenters. The van der Waals surface area contributed by atoms with Gasteiger partial charge in [-0.15, -0.1) is 0 Å². The summed E-state index contributed by atoms with van der Waals surface area (Å²) in [6, 6.07) is 9.50. The van der Waals surface area contributed by atoms with Crippen molar-refractivity contribution in [2.75, 3.05) is 26.7 Å². The lowest BCUT2D eigenvalue weighted by Crippen LogP contribution is -2.46. The maximum atomic E-state index is 12.4. The van der Waals surface area contributed by atoms with E-state index in [4.69, 9.17) is 16.0 Å². The van der Waals surface area contributed by atoms with Crippen LogP contribution in [0.2, 0.25) is 5.22 Å². The highest BCUT2D eigenvalue weighted by Gasteiger charge is 2.27. The molecule has 0 saturated carbocycles. The van der Waals surface area contributed by atoms with Gasteiger partial charge in [-0.2, -0.15) is 0 Å². The normalized spacial score (nSPS) is 16.2. The minimum atomic E-state index is -0.103. The molecule has 24 heavy (non-hydrogen) atoms. The lowest BCUT2D eigenvalue weighted by Gasteiger charge is -2.36. The Balaban J connectivity index is 1.47. The fourth-order valence-corrected chi connectivity index (χ4v) is 3.26. The highest BCUT2D eigenvalue weighted by Crippen LogP contribution is 2.20. The predicted molar refractivity (Wildman–Crippen MR) is 93.2 cm³/mol. The number of carbonyl (C=O) groups excluding carboxylic acids is 1. The van der Waals surface area contributed by atoms with Gasteiger partial charge in [-0.1, -0.05) is 6.07 Å². The first-order valence-corrected chi connectivity index (χ1v) is 8.66. The van der Waals surface area contributed by atoms with E-state index in [1.165, 1.54) is 0 Å². The summed E-state index contributed by atoms with van der Waals surface area (Å²) >= 11 is 5.75. The van der Waals surface area contributed by atoms with Crippen LogP contribution in [0.5, 0.6) is 0 Å². The molecule has 3 rings (SSSR count). The third kappa shape index (κ3) is 4.16. The Kier molecular flexibility index (Phi) is 5.53. The molecule has 1 aliphatic rings. The van der Waals surface area contributed by atoms with Gasteiger partial charge in [0, 0.05) is 51.0 Å². The molecular formula is C18H22ClN3O2. The van der Waals surface area contributed by atoms with Crippen LogP contribution in [0.4, 0.5) is 0 Å². The van der Waals surface area contributed by atoms with Crippen molar-refractivity contribution in [1.82, 2.24) is 14.8 Å². The summed E-state index contributed by atoms with van der Waals surface area (Å²) in [4.78, 5) is 21.0. The number of furan rings is 1. The average Bonchev–Trinajstić information content (AvgIpc) is 3.06. The Morgan fingerprint density at radius 1 is 1.33 bits per heavy atom. The SMILES string of the molecule is CN(C(=O)c1ccc(Cl)o1)C1CCN(CCc2ccccn2)CC1. The van der Waals surface area contributed by atoms with Crippen LogP contribution in [-0.4, -0.2) is 53.4 Å². The summed E-state index contributed by atoms with van der Waals surface area (Å²) < 4.78 is 5.22. The first-order chi connectivity index (χ1) is 11.6. The molecule has 0 bridgehead atoms. The number of nitrogens with zero attached hydrogens (tertiary/aromatic N) is 3. The Hall–Kier alpha value is -1.85. The van der Waals surface area contributed by atoms with E-state index in [0.29, 0.717) is 5.76 Å². The lowest BCUT2D eigenvalue weighted by atomic mass is 10.0. The maximum Gasteiger partial charge on any atom is 0.289 e. The van der Waals surface area contributed by atoms with Crippen LogP contribution in [0.15, 0.2) is 40.9 Å². The third-order valence-electron chi connectivity index (χ3n) is 4.62. The summed E-state index contributed by atoms with van der Waals surface area (Å²) in [7, 11) is 1.84. The number of pyridine rings is 1. The van der Waals surface area contributed by atoms with Gasteiger partial charge in [0.1, 0.15) is 0 Å². The van der Waals surface area contributed by atoms with Crippen LogP contribution in [-0.2, 0) is 6.42 Å². The molecule has 1 saturated heterocycles. The first-order valence-electron chi connectivity index (χ1n) is 8.28. The number of hydrogen-bond donors (Lipinski definition) is 0. The molecule has 0 radical (unpaired) electrons. The molecule has 3 heterocycles. The molecule has 0 N–H and O–H groups in total. The molecule has 1 fully saturated rings. The van der Waals surface area contributed by atoms with Gasteiger partial charge < -0.3 is 14.2 Å². The smallest absolute Gasteiger partial charge is 0.289 e. The van der Waals surface area contributed by atoms with E-state index in [1.54, 1.807) is 17.0 Å². The van der Waals surface area contributed by atoms with Crippen molar-refractivity contribution in [1.29, 1.82) is 0 Å². The van der Waals surface area contributed by atoms with Crippen LogP contribution < -0.4 is 0 Å². The number of aromatic nitrogens is 1. The number of hydrogen-bond acceptors (Lipinski definition) is 4. The second kappa shape index (κ2) is 7.81. The first kappa shape index (κ1) is 17.0. The number of likely N-dealkylation sites (tertiary alicyclic amines) is 1. The van der Waals surface area contributed by atoms with E-state index in [-0.39, 0.29) is 17.2 Å². The number of piperidine rings is 1. The molecule has 6 heteroatoms. The molecule has 5 nitrogen and oxygen atoms in total. The van der Waals surface area contributed by atoms with Crippen LogP contribution in [0.3, 0.4) is 0 Å². The number of amides is 1. The predicted octanol–water partition coefficient (Wildman–Crippen LogP) is 3.11. The van der Waals surface area contributed by atoms with E-state index < -0.39 is 0 Å². The minimum absolute atomic E-state index is 0.103. The van der Waals surface area contributed by atoms with Gasteiger partial charge in [-0.3, -0.25) is 9.78 Å². The molecule has 128 valence electrons. The summed E-state index contributed by atoms with van der Waals surface area (Å²) in [6.07, 6.45) is 4.74. The molecule has 0 aliphatic carbocycles. The van der Waals surface area contributed by atoms with Crippen LogP contribution in [0, 0.1) is 0 Å². The van der Waals surface area contributed by atoms with E-state index in [9.17, 15) is 4.79 Å². The van der Waals surface area contributed by atoms with Gasteiger partial charge in [0.25, 0.3) is 5.91 Å². The van der Waals surface area contributed by atoms with E-state index in [2.05, 4.69) is 16.0 Å². The molecule has 2 aromatic rings. The van der Waals surface area contributed by atoms with E-state index >= 15 is 0 Å². The molecule has 0 spiro atoms. The largest absolute Gasteiger partial charge is 0.440 e. The monoisotopic (exact) mass is 347 g/mol. The van der Waals surface area contributed by atoms with Crippen molar-refractivity contribution in [2.45, 2.75) is 25.3 Å². The standard InChI is InChI=1S/C18H22ClN3O2/c1-21(18(23)16-5-6-17(19)24-16)15-8-12-22(13-9-15)11-7-14-4-2-3-10-20-14/h2-6,10,15H,7-9,11-13H2,1H3. The topological polar surface area (TPSA) is 49.6 Å². The molecule has 0 aromatic carbocycles. The van der Waals surface area contributed by atoms with Crippen molar-refractivity contribution in [2.24, 2.45) is 0 Å². The Morgan fingerprint density at radius 2 is 2.12 bits per heavy atom. The van der Waals surface area contributed by atoms with Gasteiger partial charge in [0.2, 0.25) is 0 Å². The summed E-state index contributed by atoms with van der Waals surface area (Å²) in [5.74, 6) is 0.203. The number of halogens is 1. The summed E-state index contributed by atoms with van der Waals surface area (Å²) in [5, 5.41) is 0.246. The van der Waals surface area contributed by atoms with Crippen molar-refractivity contribution in [3.05, 3.63) is 53.2 Å². The highest BCUT2D eigenvalue weighted by atomic mass is 35.5. The van der Waals surface area contributed by atoms with Crippen molar-refractivity contribution >= 4 is 17.5 Å². The minimum Gasteiger partial charge on any atom is -0.440 e. The highest BCUT2D eigenvalue weighted by molar-refractivity contribution is 6.29. The molecular weight excluding hydrogens is 326 g/mol. The van der Waals surface area contributed by atoms with E-state index in [1.807, 2.05) is 25.4 Å². The Labute approximate surface area is 147 Å². The second-order valence-electron chi connectivity index (χ2n) is 6.16. The van der Waals surface area contributed by atoms with Crippen molar-refractivity contribution in [3.8, 4) is 0 Å². The van der Waals surface area contributed by atoms with Gasteiger partial charge in [0.15, 0.2) is 11.0 Å². The van der Waals surface area contributed by atoms with Crippen LogP contribution in [0.25, 0.3) is 0 Å². The number of carbonyl (C=O) groups is 1. The zero-order valence-corrected chi connectivity index (χ0v) is 14.6. The van der Waals surface area contributed by atoms with Crippen molar-refractivity contribution in [3.63, 3.8) is 0 Å². The zero-order valence-electron chi connectivity index (χ0n) is 13.8. The quantitative estimate of drug-likeness (QED) is 0.834. The van der Waals surface area contributed by atoms with Crippen LogP contribution in [0.1, 0.15) is 29.1 Å². The number of rotatable bonds is 5. The summed E-state index contributed by atoms with van der Waals surface area (Å²) in [6.45, 7) is 3.00. The molecule has 2 aromatic heterocycles. The van der Waals surface area contributed by atoms with E-state index in [0.717, 1.165) is 44.6 Å². The van der Waals surface area contributed by atoms with Crippen molar-refractivity contribution < 1.29 is 9.21 Å². The Morgan fingerprint density at radius 3 is 2.75 bits per heavy atom. The van der Waals surface area contributed by atoms with Gasteiger partial charge in [0.05, 0.1) is 0 Å². The van der Waals surface area contributed by atoms with Gasteiger partial charge >= 0.3 is 0 Å². The molecule has 0 unspecified atom stereocenters. The second-order valence-corrected chi connectivity index (χ2v) is 6.54. The van der Waals surface area contributed by atoms with Crippen LogP contribution >= 0.6 is 11.6 Å². The Bertz CT molecular complexity index is 666. The lowest BCUT2D eigenvalue weighted by molar-refractivity contribution is 0.0613. The molecule has 1 aliphatic heterocycles. The fourth-order valence-electron chi connectivity index (χ4n) is 3.12. The summed E-state index contributed by atoms with van der Waals surface area (Å²) in [5.41, 5.74) is 1.13.